The summed E-state index contributed by atoms with van der Waals surface area (Å²) in [6.45, 7) is 2.91. The van der Waals surface area contributed by atoms with E-state index in [9.17, 15) is 9.59 Å². The van der Waals surface area contributed by atoms with Crippen LogP contribution in [0.4, 0.5) is 9.59 Å². The number of carbonyl (C=O) groups excluding carboxylic acids is 2. The van der Waals surface area contributed by atoms with Gasteiger partial charge in [0.15, 0.2) is 0 Å². The molecule has 0 aromatic heterocycles. The van der Waals surface area contributed by atoms with Crippen LogP contribution < -0.4 is 5.73 Å². The van der Waals surface area contributed by atoms with Crippen LogP contribution in [0.5, 0.6) is 0 Å². The fourth-order valence-corrected chi connectivity index (χ4v) is 1.37. The second kappa shape index (κ2) is 5.22. The van der Waals surface area contributed by atoms with E-state index >= 15 is 0 Å². The molecular weight excluding hydrogens is 198 g/mol. The zero-order valence-electron chi connectivity index (χ0n) is 8.31. The molecule has 6 heteroatoms. The van der Waals surface area contributed by atoms with Crippen molar-refractivity contribution in [1.82, 2.24) is 9.80 Å². The quantitative estimate of drug-likeness (QED) is 0.466. The molecule has 0 spiro atoms. The Bertz CT molecular complexity index is 289. The second-order valence-corrected chi connectivity index (χ2v) is 3.15. The Morgan fingerprint density at radius 1 is 1.33 bits per heavy atom. The van der Waals surface area contributed by atoms with Gasteiger partial charge in [-0.25, -0.2) is 9.59 Å². The van der Waals surface area contributed by atoms with Crippen LogP contribution in [0.3, 0.4) is 0 Å². The number of piperazine rings is 1. The summed E-state index contributed by atoms with van der Waals surface area (Å²) in [4.78, 5) is 25.0. The van der Waals surface area contributed by atoms with E-state index in [0.717, 1.165) is 0 Å². The zero-order valence-corrected chi connectivity index (χ0v) is 8.31. The molecule has 2 amide bonds. The van der Waals surface area contributed by atoms with Crippen molar-refractivity contribution in [2.45, 2.75) is 0 Å². The van der Waals surface area contributed by atoms with Crippen LogP contribution in [0.15, 0.2) is 0 Å². The molecule has 1 aliphatic heterocycles. The van der Waals surface area contributed by atoms with Gasteiger partial charge in [0.1, 0.15) is 0 Å². The molecule has 0 unspecified atom stereocenters. The number of terminal acetylenes is 1. The molecule has 82 valence electrons. The highest BCUT2D eigenvalue weighted by Gasteiger charge is 2.22. The number of amides is 2. The smallest absolute Gasteiger partial charge is 0.359 e. The highest BCUT2D eigenvalue weighted by atomic mass is 16.6. The minimum absolute atomic E-state index is 0.494. The van der Waals surface area contributed by atoms with E-state index in [1.807, 2.05) is 4.90 Å². The number of rotatable bonds is 1. The summed E-state index contributed by atoms with van der Waals surface area (Å²) in [7, 11) is 0. The summed E-state index contributed by atoms with van der Waals surface area (Å²) in [6.07, 6.45) is 3.39. The van der Waals surface area contributed by atoms with E-state index in [-0.39, 0.29) is 0 Å². The number of carbonyl (C=O) groups is 2. The fraction of sp³-hybridized carbons (Fsp3) is 0.556. The highest BCUT2D eigenvalue weighted by Crippen LogP contribution is 2.02. The van der Waals surface area contributed by atoms with Crippen molar-refractivity contribution >= 4 is 12.2 Å². The van der Waals surface area contributed by atoms with Gasteiger partial charge in [-0.15, -0.1) is 6.42 Å². The van der Waals surface area contributed by atoms with Gasteiger partial charge in [-0.3, -0.25) is 4.90 Å². The van der Waals surface area contributed by atoms with Gasteiger partial charge in [0.2, 0.25) is 0 Å². The van der Waals surface area contributed by atoms with Gasteiger partial charge >= 0.3 is 12.2 Å². The van der Waals surface area contributed by atoms with Crippen LogP contribution in [-0.4, -0.2) is 54.7 Å². The van der Waals surface area contributed by atoms with Crippen molar-refractivity contribution in [2.75, 3.05) is 32.7 Å². The molecule has 2 N–H and O–H groups in total. The number of hydrogen-bond acceptors (Lipinski definition) is 4. The summed E-state index contributed by atoms with van der Waals surface area (Å²) >= 11 is 0. The maximum absolute atomic E-state index is 11.2. The van der Waals surface area contributed by atoms with Crippen molar-refractivity contribution in [3.05, 3.63) is 0 Å². The molecule has 0 atom stereocenters. The average molecular weight is 211 g/mol. The predicted octanol–water partition coefficient (Wildman–Crippen LogP) is -0.547. The maximum atomic E-state index is 11.2. The monoisotopic (exact) mass is 211 g/mol. The summed E-state index contributed by atoms with van der Waals surface area (Å²) in [6, 6.07) is 0. The SMILES string of the molecule is C#CCN1CCN(C(=O)OC(N)=O)CC1. The van der Waals surface area contributed by atoms with Gasteiger partial charge in [0, 0.05) is 26.2 Å². The van der Waals surface area contributed by atoms with Crippen molar-refractivity contribution in [2.24, 2.45) is 5.73 Å². The molecule has 1 aliphatic rings. The van der Waals surface area contributed by atoms with Crippen molar-refractivity contribution < 1.29 is 14.3 Å². The predicted molar refractivity (Wildman–Crippen MR) is 52.9 cm³/mol. The Morgan fingerprint density at radius 2 is 1.93 bits per heavy atom. The maximum Gasteiger partial charge on any atom is 0.418 e. The van der Waals surface area contributed by atoms with Gasteiger partial charge in [0.25, 0.3) is 0 Å². The molecule has 15 heavy (non-hydrogen) atoms. The molecule has 0 saturated carbocycles. The number of nitrogens with two attached hydrogens (primary N) is 1. The van der Waals surface area contributed by atoms with E-state index in [2.05, 4.69) is 10.7 Å². The molecule has 1 heterocycles. The molecule has 0 radical (unpaired) electrons. The first-order valence-electron chi connectivity index (χ1n) is 4.55. The Kier molecular flexibility index (Phi) is 3.94. The minimum atomic E-state index is -1.08. The second-order valence-electron chi connectivity index (χ2n) is 3.15. The summed E-state index contributed by atoms with van der Waals surface area (Å²) in [5.41, 5.74) is 4.73. The molecule has 1 fully saturated rings. The Morgan fingerprint density at radius 3 is 2.40 bits per heavy atom. The lowest BCUT2D eigenvalue weighted by molar-refractivity contribution is 0.0975. The van der Waals surface area contributed by atoms with Crippen molar-refractivity contribution in [3.63, 3.8) is 0 Å². The van der Waals surface area contributed by atoms with Gasteiger partial charge in [-0.1, -0.05) is 5.92 Å². The topological polar surface area (TPSA) is 75.9 Å². The number of ether oxygens (including phenoxy) is 1. The van der Waals surface area contributed by atoms with Crippen LogP contribution in [0, 0.1) is 12.3 Å². The van der Waals surface area contributed by atoms with Crippen LogP contribution >= 0.6 is 0 Å². The minimum Gasteiger partial charge on any atom is -0.359 e. The van der Waals surface area contributed by atoms with Crippen molar-refractivity contribution in [3.8, 4) is 12.3 Å². The van der Waals surface area contributed by atoms with Gasteiger partial charge in [-0.05, 0) is 0 Å². The third-order valence-electron chi connectivity index (χ3n) is 2.13. The van der Waals surface area contributed by atoms with Crippen LogP contribution in [-0.2, 0) is 4.74 Å². The Hall–Kier alpha value is -1.74. The Balaban J connectivity index is 2.34. The summed E-state index contributed by atoms with van der Waals surface area (Å²) < 4.78 is 4.25. The number of hydrogen-bond donors (Lipinski definition) is 1. The van der Waals surface area contributed by atoms with E-state index in [4.69, 9.17) is 12.2 Å². The first kappa shape index (κ1) is 11.3. The molecular formula is C9H13N3O3. The molecule has 1 rings (SSSR count). The third kappa shape index (κ3) is 3.48. The molecule has 0 aromatic carbocycles. The van der Waals surface area contributed by atoms with Gasteiger partial charge < -0.3 is 15.4 Å². The highest BCUT2D eigenvalue weighted by molar-refractivity contribution is 5.82. The Labute approximate surface area is 87.9 Å². The average Bonchev–Trinajstić information content (AvgIpc) is 2.18. The normalized spacial score (nSPS) is 16.9. The summed E-state index contributed by atoms with van der Waals surface area (Å²) in [5.74, 6) is 2.53. The van der Waals surface area contributed by atoms with Crippen molar-refractivity contribution in [1.29, 1.82) is 0 Å². The lowest BCUT2D eigenvalue weighted by Gasteiger charge is -2.32. The first-order chi connectivity index (χ1) is 7.13. The number of primary amides is 1. The van der Waals surface area contributed by atoms with E-state index < -0.39 is 12.2 Å². The fourth-order valence-electron chi connectivity index (χ4n) is 1.37. The lowest BCUT2D eigenvalue weighted by atomic mass is 10.3. The first-order valence-corrected chi connectivity index (χ1v) is 4.55. The molecule has 0 aliphatic carbocycles. The number of nitrogens with zero attached hydrogens (tertiary/aromatic N) is 2. The third-order valence-corrected chi connectivity index (χ3v) is 2.13. The van der Waals surface area contributed by atoms with Crippen LogP contribution in [0.1, 0.15) is 0 Å². The largest absolute Gasteiger partial charge is 0.418 e. The molecule has 0 bridgehead atoms. The zero-order chi connectivity index (χ0) is 11.3. The van der Waals surface area contributed by atoms with Crippen LogP contribution in [0.25, 0.3) is 0 Å². The molecule has 1 saturated heterocycles. The lowest BCUT2D eigenvalue weighted by Crippen LogP contribution is -2.49. The van der Waals surface area contributed by atoms with E-state index in [0.29, 0.717) is 32.7 Å². The van der Waals surface area contributed by atoms with Gasteiger partial charge in [-0.2, -0.15) is 0 Å². The van der Waals surface area contributed by atoms with Gasteiger partial charge in [0.05, 0.1) is 6.54 Å². The standard InChI is InChI=1S/C9H13N3O3/c1-2-3-11-4-6-12(7-5-11)9(14)15-8(10)13/h1H,3-7H2,(H2,10,13). The van der Waals surface area contributed by atoms with E-state index in [1.54, 1.807) is 0 Å². The summed E-state index contributed by atoms with van der Waals surface area (Å²) in [5, 5.41) is 0. The van der Waals surface area contributed by atoms with E-state index in [1.165, 1.54) is 4.90 Å². The van der Waals surface area contributed by atoms with Crippen LogP contribution in [0.2, 0.25) is 0 Å². The molecule has 6 nitrogen and oxygen atoms in total. The molecule has 0 aromatic rings.